The number of ketones is 1. The predicted molar refractivity (Wildman–Crippen MR) is 79.7 cm³/mol. The summed E-state index contributed by atoms with van der Waals surface area (Å²) in [5, 5.41) is 9.45. The summed E-state index contributed by atoms with van der Waals surface area (Å²) in [6.45, 7) is 6.75. The Bertz CT molecular complexity index is 489. The molecule has 0 spiro atoms. The Morgan fingerprint density at radius 3 is 3.00 bits per heavy atom. The summed E-state index contributed by atoms with van der Waals surface area (Å²) in [6.07, 6.45) is 0. The number of Topliss-reactive ketones (excluding diaryl/α,β-unsaturated/α-hetero) is 1. The summed E-state index contributed by atoms with van der Waals surface area (Å²) < 4.78 is 11.0. The van der Waals surface area contributed by atoms with E-state index >= 15 is 0 Å². The molecule has 1 aromatic rings. The van der Waals surface area contributed by atoms with Gasteiger partial charge in [0.1, 0.15) is 5.75 Å². The minimum Gasteiger partial charge on any atom is -0.494 e. The Hall–Kier alpha value is -1.43. The Morgan fingerprint density at radius 1 is 1.52 bits per heavy atom. The van der Waals surface area contributed by atoms with Crippen molar-refractivity contribution >= 4 is 5.78 Å². The molecule has 1 atom stereocenters. The number of ether oxygens (including phenoxy) is 2. The lowest BCUT2D eigenvalue weighted by molar-refractivity contribution is -0.0315. The Morgan fingerprint density at radius 2 is 2.33 bits per heavy atom. The second-order valence-corrected chi connectivity index (χ2v) is 5.19. The van der Waals surface area contributed by atoms with Crippen LogP contribution in [0, 0.1) is 0 Å². The van der Waals surface area contributed by atoms with E-state index < -0.39 is 0 Å². The largest absolute Gasteiger partial charge is 0.494 e. The molecule has 0 radical (unpaired) electrons. The summed E-state index contributed by atoms with van der Waals surface area (Å²) >= 11 is 0. The van der Waals surface area contributed by atoms with Gasteiger partial charge in [0.2, 0.25) is 0 Å². The molecule has 1 aliphatic heterocycles. The van der Waals surface area contributed by atoms with Crippen LogP contribution < -0.4 is 4.74 Å². The highest BCUT2D eigenvalue weighted by atomic mass is 16.5. The third-order valence-electron chi connectivity index (χ3n) is 3.70. The van der Waals surface area contributed by atoms with Crippen LogP contribution in [0.4, 0.5) is 0 Å². The number of aliphatic hydroxyl groups is 1. The third-order valence-corrected chi connectivity index (χ3v) is 3.70. The molecule has 1 unspecified atom stereocenters. The Labute approximate surface area is 125 Å². The van der Waals surface area contributed by atoms with Gasteiger partial charge < -0.3 is 14.6 Å². The number of benzene rings is 1. The first kappa shape index (κ1) is 15.9. The zero-order chi connectivity index (χ0) is 15.2. The Balaban J connectivity index is 2.22. The third kappa shape index (κ3) is 4.03. The maximum Gasteiger partial charge on any atom is 0.159 e. The molecule has 0 saturated carbocycles. The van der Waals surface area contributed by atoms with Crippen LogP contribution in [0.5, 0.6) is 5.75 Å². The molecule has 0 bridgehead atoms. The molecule has 5 nitrogen and oxygen atoms in total. The summed E-state index contributed by atoms with van der Waals surface area (Å²) in [6, 6.07) is 5.52. The van der Waals surface area contributed by atoms with Crippen LogP contribution in [-0.2, 0) is 11.3 Å². The van der Waals surface area contributed by atoms with Crippen LogP contribution in [-0.4, -0.2) is 54.8 Å². The van der Waals surface area contributed by atoms with Crippen molar-refractivity contribution in [3.05, 3.63) is 29.3 Å². The van der Waals surface area contributed by atoms with Gasteiger partial charge in [-0.25, -0.2) is 0 Å². The molecule has 21 heavy (non-hydrogen) atoms. The van der Waals surface area contributed by atoms with Gasteiger partial charge in [-0.05, 0) is 32.0 Å². The number of carbonyl (C=O) groups is 1. The molecule has 1 aromatic carbocycles. The van der Waals surface area contributed by atoms with Crippen molar-refractivity contribution in [1.82, 2.24) is 4.90 Å². The molecule has 1 heterocycles. The number of aliphatic hydroxyl groups excluding tert-OH is 1. The molecule has 1 fully saturated rings. The fourth-order valence-corrected chi connectivity index (χ4v) is 2.50. The molecule has 2 rings (SSSR count). The molecule has 5 heteroatoms. The van der Waals surface area contributed by atoms with Crippen molar-refractivity contribution < 1.29 is 19.4 Å². The maximum absolute atomic E-state index is 11.6. The highest BCUT2D eigenvalue weighted by Gasteiger charge is 2.23. The van der Waals surface area contributed by atoms with Gasteiger partial charge in [-0.2, -0.15) is 0 Å². The molecule has 116 valence electrons. The van der Waals surface area contributed by atoms with E-state index in [1.54, 1.807) is 13.0 Å². The van der Waals surface area contributed by atoms with Crippen molar-refractivity contribution in [2.45, 2.75) is 26.4 Å². The molecule has 0 amide bonds. The number of hydrogen-bond donors (Lipinski definition) is 1. The van der Waals surface area contributed by atoms with E-state index in [0.29, 0.717) is 31.9 Å². The quantitative estimate of drug-likeness (QED) is 0.805. The van der Waals surface area contributed by atoms with Gasteiger partial charge in [0, 0.05) is 24.2 Å². The monoisotopic (exact) mass is 293 g/mol. The van der Waals surface area contributed by atoms with Crippen LogP contribution in [0.15, 0.2) is 18.2 Å². The molecule has 1 saturated heterocycles. The van der Waals surface area contributed by atoms with Crippen LogP contribution in [0.3, 0.4) is 0 Å². The minimum absolute atomic E-state index is 0.00536. The number of rotatable bonds is 6. The van der Waals surface area contributed by atoms with Crippen molar-refractivity contribution in [2.24, 2.45) is 0 Å². The van der Waals surface area contributed by atoms with Crippen LogP contribution in [0.1, 0.15) is 29.8 Å². The van der Waals surface area contributed by atoms with Crippen molar-refractivity contribution in [3.8, 4) is 5.75 Å². The Kier molecular flexibility index (Phi) is 5.73. The van der Waals surface area contributed by atoms with E-state index in [4.69, 9.17) is 9.47 Å². The molecule has 1 N–H and O–H groups in total. The smallest absolute Gasteiger partial charge is 0.159 e. The van der Waals surface area contributed by atoms with Gasteiger partial charge in [-0.1, -0.05) is 0 Å². The average Bonchev–Trinajstić information content (AvgIpc) is 2.49. The summed E-state index contributed by atoms with van der Waals surface area (Å²) in [7, 11) is 0. The van der Waals surface area contributed by atoms with Gasteiger partial charge in [0.25, 0.3) is 0 Å². The van der Waals surface area contributed by atoms with Gasteiger partial charge in [0.05, 0.1) is 32.5 Å². The van der Waals surface area contributed by atoms with Gasteiger partial charge in [-0.15, -0.1) is 0 Å². The summed E-state index contributed by atoms with van der Waals surface area (Å²) in [5.41, 5.74) is 1.66. The zero-order valence-electron chi connectivity index (χ0n) is 12.7. The topological polar surface area (TPSA) is 59.0 Å². The van der Waals surface area contributed by atoms with E-state index in [0.717, 1.165) is 17.9 Å². The van der Waals surface area contributed by atoms with Crippen molar-refractivity contribution in [1.29, 1.82) is 0 Å². The first-order chi connectivity index (χ1) is 10.2. The lowest BCUT2D eigenvalue weighted by Gasteiger charge is -2.34. The van der Waals surface area contributed by atoms with Crippen LogP contribution in [0.25, 0.3) is 0 Å². The fraction of sp³-hybridized carbons (Fsp3) is 0.562. The molecule has 0 aromatic heterocycles. The lowest BCUT2D eigenvalue weighted by Crippen LogP contribution is -2.46. The maximum atomic E-state index is 11.6. The molecular formula is C16H23NO4. The minimum atomic E-state index is -0.00536. The van der Waals surface area contributed by atoms with E-state index in [9.17, 15) is 9.90 Å². The number of hydrogen-bond acceptors (Lipinski definition) is 5. The van der Waals surface area contributed by atoms with E-state index in [1.165, 1.54) is 0 Å². The van der Waals surface area contributed by atoms with E-state index in [1.807, 2.05) is 19.1 Å². The average molecular weight is 293 g/mol. The lowest BCUT2D eigenvalue weighted by atomic mass is 10.1. The highest BCUT2D eigenvalue weighted by molar-refractivity contribution is 5.94. The van der Waals surface area contributed by atoms with Gasteiger partial charge >= 0.3 is 0 Å². The molecule has 1 aliphatic rings. The first-order valence-corrected chi connectivity index (χ1v) is 7.35. The second kappa shape index (κ2) is 7.54. The van der Waals surface area contributed by atoms with Crippen molar-refractivity contribution in [2.75, 3.05) is 33.0 Å². The van der Waals surface area contributed by atoms with E-state index in [-0.39, 0.29) is 18.4 Å². The summed E-state index contributed by atoms with van der Waals surface area (Å²) in [4.78, 5) is 13.7. The number of morpholine rings is 1. The van der Waals surface area contributed by atoms with Gasteiger partial charge in [-0.3, -0.25) is 9.69 Å². The molecular weight excluding hydrogens is 270 g/mol. The standard InChI is InChI=1S/C16H23NO4/c1-3-21-16-5-4-13(12(2)19)8-14(16)9-17-6-7-20-11-15(17)10-18/h4-5,8,15,18H,3,6-7,9-11H2,1-2H3. The predicted octanol–water partition coefficient (Wildman–Crippen LogP) is 1.48. The normalized spacial score (nSPS) is 19.5. The highest BCUT2D eigenvalue weighted by Crippen LogP contribution is 2.24. The van der Waals surface area contributed by atoms with Crippen LogP contribution in [0.2, 0.25) is 0 Å². The van der Waals surface area contributed by atoms with Crippen LogP contribution >= 0.6 is 0 Å². The SMILES string of the molecule is CCOc1ccc(C(C)=O)cc1CN1CCOCC1CO. The van der Waals surface area contributed by atoms with Crippen molar-refractivity contribution in [3.63, 3.8) is 0 Å². The zero-order valence-corrected chi connectivity index (χ0v) is 12.7. The summed E-state index contributed by atoms with van der Waals surface area (Å²) in [5.74, 6) is 0.839. The van der Waals surface area contributed by atoms with E-state index in [2.05, 4.69) is 4.90 Å². The number of carbonyl (C=O) groups excluding carboxylic acids is 1. The second-order valence-electron chi connectivity index (χ2n) is 5.19. The molecule has 0 aliphatic carbocycles. The first-order valence-electron chi connectivity index (χ1n) is 7.35. The number of nitrogens with zero attached hydrogens (tertiary/aromatic N) is 1. The fourth-order valence-electron chi connectivity index (χ4n) is 2.50. The van der Waals surface area contributed by atoms with Gasteiger partial charge in [0.15, 0.2) is 5.78 Å².